The highest BCUT2D eigenvalue weighted by Crippen LogP contribution is 2.40. The Hall–Kier alpha value is -3.09. The van der Waals surface area contributed by atoms with E-state index in [0.717, 1.165) is 29.1 Å². The molecule has 186 valence electrons. The summed E-state index contributed by atoms with van der Waals surface area (Å²) in [6.45, 7) is 17.0. The summed E-state index contributed by atoms with van der Waals surface area (Å²) in [5, 5.41) is 3.37. The van der Waals surface area contributed by atoms with E-state index in [9.17, 15) is 4.39 Å². The van der Waals surface area contributed by atoms with Gasteiger partial charge in [-0.3, -0.25) is 10.7 Å². The number of likely N-dealkylation sites (N-methyl/N-ethyl adjacent to an activating group) is 1. The molecule has 1 heterocycles. The zero-order chi connectivity index (χ0) is 25.3. The number of hydrazine groups is 1. The smallest absolute Gasteiger partial charge is 0.126 e. The van der Waals surface area contributed by atoms with Crippen LogP contribution in [0.3, 0.4) is 0 Å². The molecule has 2 aliphatic rings. The maximum absolute atomic E-state index is 12.9. The Kier molecular flexibility index (Phi) is 14.1. The van der Waals surface area contributed by atoms with E-state index >= 15 is 0 Å². The summed E-state index contributed by atoms with van der Waals surface area (Å²) < 4.78 is 12.9. The fourth-order valence-corrected chi connectivity index (χ4v) is 3.57. The molecule has 1 aromatic carbocycles. The van der Waals surface area contributed by atoms with Gasteiger partial charge in [0.25, 0.3) is 0 Å². The van der Waals surface area contributed by atoms with E-state index in [0.29, 0.717) is 18.4 Å². The van der Waals surface area contributed by atoms with Gasteiger partial charge in [-0.25, -0.2) is 4.39 Å². The fraction of sp³-hybridized carbons (Fsp3) is 0.357. The molecule has 1 unspecified atom stereocenters. The summed E-state index contributed by atoms with van der Waals surface area (Å²) in [5.74, 6) is 5.52. The first-order valence-electron chi connectivity index (χ1n) is 11.7. The van der Waals surface area contributed by atoms with Gasteiger partial charge < -0.3 is 16.5 Å². The van der Waals surface area contributed by atoms with Gasteiger partial charge in [0.15, 0.2) is 0 Å². The minimum absolute atomic E-state index is 0.0370. The first kappa shape index (κ1) is 28.9. The predicted molar refractivity (Wildman–Crippen MR) is 144 cm³/mol. The van der Waals surface area contributed by atoms with Crippen LogP contribution < -0.4 is 22.3 Å². The van der Waals surface area contributed by atoms with Crippen LogP contribution in [-0.4, -0.2) is 31.1 Å². The standard InChI is InChI=1S/C14H22N2.C9H9F.C5H11N3/c1-5-8-13(6-2)11-15-12(3)14-9-7-10-16(14)4;10-9-4-2-1-3-8(9)7-5-6-7;1-2-3-5(4-6)8-7/h5-6,8,14-15H,1-3,7,9-11H2,4H3;1-4,7H,5-6H2;2,4,8H,1,3,6-7H2/b13-8+;;5-4-. The molecule has 0 bridgehead atoms. The second kappa shape index (κ2) is 16.5. The van der Waals surface area contributed by atoms with Crippen LogP contribution in [0.1, 0.15) is 43.6 Å². The minimum atomic E-state index is -0.0370. The lowest BCUT2D eigenvalue weighted by molar-refractivity contribution is 0.335. The van der Waals surface area contributed by atoms with E-state index < -0.39 is 0 Å². The van der Waals surface area contributed by atoms with Crippen LogP contribution in [0.25, 0.3) is 0 Å². The molecule has 1 saturated heterocycles. The maximum Gasteiger partial charge on any atom is 0.126 e. The van der Waals surface area contributed by atoms with Crippen molar-refractivity contribution in [2.24, 2.45) is 11.6 Å². The van der Waals surface area contributed by atoms with Crippen molar-refractivity contribution in [3.05, 3.63) is 109 Å². The second-order valence-electron chi connectivity index (χ2n) is 8.32. The molecule has 1 aliphatic carbocycles. The highest BCUT2D eigenvalue weighted by molar-refractivity contribution is 5.25. The van der Waals surface area contributed by atoms with Crippen molar-refractivity contribution in [3.63, 3.8) is 0 Å². The lowest BCUT2D eigenvalue weighted by Crippen LogP contribution is -2.33. The number of nitrogens with two attached hydrogens (primary N) is 2. The second-order valence-corrected chi connectivity index (χ2v) is 8.32. The van der Waals surface area contributed by atoms with Crippen molar-refractivity contribution in [2.45, 2.75) is 44.1 Å². The van der Waals surface area contributed by atoms with Gasteiger partial charge in [-0.05, 0) is 62.4 Å². The molecule has 3 rings (SSSR count). The third-order valence-corrected chi connectivity index (χ3v) is 5.71. The van der Waals surface area contributed by atoms with Gasteiger partial charge in [0, 0.05) is 36.6 Å². The minimum Gasteiger partial charge on any atom is -0.403 e. The number of hydrogen-bond acceptors (Lipinski definition) is 5. The van der Waals surface area contributed by atoms with Gasteiger partial charge in [0.05, 0.1) is 0 Å². The normalized spacial score (nSPS) is 17.9. The molecule has 6 N–H and O–H groups in total. The van der Waals surface area contributed by atoms with Crippen molar-refractivity contribution in [2.75, 3.05) is 20.1 Å². The van der Waals surface area contributed by atoms with E-state index in [2.05, 4.69) is 49.0 Å². The maximum atomic E-state index is 12.9. The Morgan fingerprint density at radius 2 is 1.91 bits per heavy atom. The number of rotatable bonds is 10. The highest BCUT2D eigenvalue weighted by Gasteiger charge is 2.25. The monoisotopic (exact) mass is 467 g/mol. The first-order valence-corrected chi connectivity index (χ1v) is 11.7. The molecule has 1 atom stereocenters. The average Bonchev–Trinajstić information content (AvgIpc) is 3.60. The topological polar surface area (TPSA) is 79.3 Å². The Morgan fingerprint density at radius 3 is 2.35 bits per heavy atom. The molecule has 1 saturated carbocycles. The first-order chi connectivity index (χ1) is 16.4. The third kappa shape index (κ3) is 10.7. The summed E-state index contributed by atoms with van der Waals surface area (Å²) in [5.41, 5.74) is 11.5. The number of likely N-dealkylation sites (tertiary alicyclic amines) is 1. The summed E-state index contributed by atoms with van der Waals surface area (Å²) in [6, 6.07) is 7.54. The molecule has 2 fully saturated rings. The van der Waals surface area contributed by atoms with Gasteiger partial charge in [-0.2, -0.15) is 0 Å². The SMILES string of the molecule is C=C/C=C(\C=C)CNC(=C)C1CCCN1C.C=CC/C(=C/N)NN.Fc1ccccc1C1CC1. The number of hydrogen-bond donors (Lipinski definition) is 4. The Morgan fingerprint density at radius 1 is 1.21 bits per heavy atom. The van der Waals surface area contributed by atoms with Crippen molar-refractivity contribution in [1.82, 2.24) is 15.6 Å². The number of halogens is 1. The van der Waals surface area contributed by atoms with Crippen LogP contribution in [-0.2, 0) is 0 Å². The summed E-state index contributed by atoms with van der Waals surface area (Å²) in [6.07, 6.45) is 14.2. The van der Waals surface area contributed by atoms with E-state index in [1.807, 2.05) is 24.3 Å². The molecule has 34 heavy (non-hydrogen) atoms. The van der Waals surface area contributed by atoms with E-state index in [4.69, 9.17) is 11.6 Å². The number of nitrogens with zero attached hydrogens (tertiary/aromatic N) is 1. The fourth-order valence-electron chi connectivity index (χ4n) is 3.57. The van der Waals surface area contributed by atoms with Crippen LogP contribution >= 0.6 is 0 Å². The van der Waals surface area contributed by atoms with Crippen molar-refractivity contribution < 1.29 is 4.39 Å². The van der Waals surface area contributed by atoms with Crippen molar-refractivity contribution in [1.29, 1.82) is 0 Å². The van der Waals surface area contributed by atoms with Crippen molar-refractivity contribution >= 4 is 0 Å². The third-order valence-electron chi connectivity index (χ3n) is 5.71. The molecule has 0 amide bonds. The molecular weight excluding hydrogens is 425 g/mol. The zero-order valence-electron chi connectivity index (χ0n) is 20.6. The Balaban J connectivity index is 0.000000275. The Bertz CT molecular complexity index is 854. The number of benzene rings is 1. The zero-order valence-corrected chi connectivity index (χ0v) is 20.6. The highest BCUT2D eigenvalue weighted by atomic mass is 19.1. The molecule has 6 heteroatoms. The molecule has 1 aliphatic heterocycles. The molecule has 0 radical (unpaired) electrons. The summed E-state index contributed by atoms with van der Waals surface area (Å²) >= 11 is 0. The van der Waals surface area contributed by atoms with E-state index in [1.54, 1.807) is 18.2 Å². The molecule has 0 aromatic heterocycles. The van der Waals surface area contributed by atoms with E-state index in [1.165, 1.54) is 44.5 Å². The van der Waals surface area contributed by atoms with Gasteiger partial charge in [0.2, 0.25) is 0 Å². The van der Waals surface area contributed by atoms with E-state index in [-0.39, 0.29) is 5.82 Å². The van der Waals surface area contributed by atoms with Crippen LogP contribution in [0.2, 0.25) is 0 Å². The van der Waals surface area contributed by atoms with Crippen LogP contribution in [0, 0.1) is 5.82 Å². The number of nitrogens with one attached hydrogen (secondary N) is 2. The molecular formula is C28H42FN5. The molecule has 1 aromatic rings. The van der Waals surface area contributed by atoms with Crippen LogP contribution in [0.4, 0.5) is 4.39 Å². The van der Waals surface area contributed by atoms with Crippen LogP contribution in [0.5, 0.6) is 0 Å². The Labute approximate surface area is 205 Å². The quantitative estimate of drug-likeness (QED) is 0.168. The molecule has 0 spiro atoms. The van der Waals surface area contributed by atoms with Gasteiger partial charge in [-0.15, -0.1) is 6.58 Å². The van der Waals surface area contributed by atoms with Gasteiger partial charge >= 0.3 is 0 Å². The largest absolute Gasteiger partial charge is 0.403 e. The van der Waals surface area contributed by atoms with Crippen molar-refractivity contribution in [3.8, 4) is 0 Å². The average molecular weight is 468 g/mol. The summed E-state index contributed by atoms with van der Waals surface area (Å²) in [4.78, 5) is 2.35. The number of allylic oxidation sites excluding steroid dienone is 3. The molecule has 5 nitrogen and oxygen atoms in total. The van der Waals surface area contributed by atoms with Crippen LogP contribution in [0.15, 0.2) is 98.1 Å². The van der Waals surface area contributed by atoms with Gasteiger partial charge in [0.1, 0.15) is 5.82 Å². The predicted octanol–water partition coefficient (Wildman–Crippen LogP) is 5.01. The van der Waals surface area contributed by atoms with Gasteiger partial charge in [-0.1, -0.05) is 62.2 Å². The lowest BCUT2D eigenvalue weighted by atomic mass is 10.1. The summed E-state index contributed by atoms with van der Waals surface area (Å²) in [7, 11) is 2.15. The lowest BCUT2D eigenvalue weighted by Gasteiger charge is -2.23.